The minimum atomic E-state index is -2.88. The van der Waals surface area contributed by atoms with Crippen molar-refractivity contribution in [3.63, 3.8) is 0 Å². The SMILES string of the molecule is [2H]C([2H])(Oc1cc2n(c(=O)c1Cl)-c1cc(-c3ccnc(C(C)(C)O)n3)ncc1CC/C=C\2)c1ncc(F)cc1F. The molecule has 1 N–H and O–H groups in total. The molecular weight excluding hydrogens is 516 g/mol. The highest BCUT2D eigenvalue weighted by molar-refractivity contribution is 6.31. The first kappa shape index (κ1) is 23.1. The molecule has 0 saturated carbocycles. The lowest BCUT2D eigenvalue weighted by Crippen LogP contribution is -2.24. The number of allylic oxidation sites excluding steroid dienone is 1. The van der Waals surface area contributed by atoms with Crippen LogP contribution in [-0.2, 0) is 18.6 Å². The molecule has 0 radical (unpaired) electrons. The van der Waals surface area contributed by atoms with Crippen LogP contribution in [-0.4, -0.2) is 29.6 Å². The Balaban J connectivity index is 1.62. The van der Waals surface area contributed by atoms with Crippen molar-refractivity contribution >= 4 is 17.7 Å². The summed E-state index contributed by atoms with van der Waals surface area (Å²) in [6, 6.07) is 5.13. The van der Waals surface area contributed by atoms with Gasteiger partial charge in [-0.25, -0.2) is 18.7 Å². The lowest BCUT2D eigenvalue weighted by atomic mass is 10.0. The molecule has 1 aliphatic rings. The number of hydrogen-bond donors (Lipinski definition) is 1. The van der Waals surface area contributed by atoms with Crippen molar-refractivity contribution in [3.8, 4) is 22.8 Å². The van der Waals surface area contributed by atoms with Crippen molar-refractivity contribution in [2.45, 2.75) is 38.8 Å². The Hall–Kier alpha value is -4.02. The summed E-state index contributed by atoms with van der Waals surface area (Å²) in [7, 11) is 0. The predicted molar refractivity (Wildman–Crippen MR) is 137 cm³/mol. The van der Waals surface area contributed by atoms with Crippen LogP contribution in [0.5, 0.6) is 5.75 Å². The Morgan fingerprint density at radius 1 is 1.18 bits per heavy atom. The zero-order chi connectivity index (χ0) is 28.8. The van der Waals surface area contributed by atoms with Crippen LogP contribution in [0, 0.1) is 11.6 Å². The molecule has 11 heteroatoms. The van der Waals surface area contributed by atoms with Crippen molar-refractivity contribution in [3.05, 3.63) is 98.7 Å². The number of hydrogen-bond acceptors (Lipinski definition) is 7. The maximum Gasteiger partial charge on any atom is 0.278 e. The van der Waals surface area contributed by atoms with E-state index >= 15 is 0 Å². The standard InChI is InChI=1S/C27H22ClF2N5O3/c1-27(2,37)26-31-8-7-19(34-26)20-11-22-15(12-32-20)5-3-4-6-17-10-23(24(28)25(36)35(17)22)38-14-21-18(30)9-16(29)13-33-21/h4,6-13,37H,3,5,14H2,1-2H3/b6-4-/i14D2. The van der Waals surface area contributed by atoms with E-state index in [9.17, 15) is 18.7 Å². The number of pyridine rings is 3. The van der Waals surface area contributed by atoms with Gasteiger partial charge < -0.3 is 9.84 Å². The summed E-state index contributed by atoms with van der Waals surface area (Å²) in [5, 5.41) is 9.87. The molecular formula is C27H22ClF2N5O3. The van der Waals surface area contributed by atoms with Crippen LogP contribution in [0.2, 0.25) is 5.02 Å². The Labute approximate surface area is 224 Å². The zero-order valence-electron chi connectivity index (χ0n) is 22.2. The third kappa shape index (κ3) is 5.05. The van der Waals surface area contributed by atoms with E-state index in [1.165, 1.54) is 16.8 Å². The summed E-state index contributed by atoms with van der Waals surface area (Å²) in [6.07, 6.45) is 8.47. The van der Waals surface area contributed by atoms with Crippen LogP contribution in [0.15, 0.2) is 53.7 Å². The Morgan fingerprint density at radius 3 is 2.76 bits per heavy atom. The maximum absolute atomic E-state index is 14.3. The molecule has 4 aromatic heterocycles. The molecule has 38 heavy (non-hydrogen) atoms. The van der Waals surface area contributed by atoms with Gasteiger partial charge in [0, 0.05) is 24.5 Å². The quantitative estimate of drug-likeness (QED) is 0.389. The average molecular weight is 540 g/mol. The van der Waals surface area contributed by atoms with Crippen molar-refractivity contribution in [1.82, 2.24) is 24.5 Å². The molecule has 0 bridgehead atoms. The number of fused-ring (bicyclic) bond motifs is 3. The molecule has 5 heterocycles. The van der Waals surface area contributed by atoms with E-state index in [0.29, 0.717) is 47.9 Å². The summed E-state index contributed by atoms with van der Waals surface area (Å²) in [6.45, 7) is 0.248. The fraction of sp³-hybridized carbons (Fsp3) is 0.222. The smallest absolute Gasteiger partial charge is 0.278 e. The topological polar surface area (TPSA) is 103 Å². The van der Waals surface area contributed by atoms with Gasteiger partial charge in [-0.05, 0) is 50.5 Å². The van der Waals surface area contributed by atoms with Gasteiger partial charge in [0.2, 0.25) is 0 Å². The van der Waals surface area contributed by atoms with Crippen molar-refractivity contribution < 1.29 is 21.4 Å². The fourth-order valence-electron chi connectivity index (χ4n) is 3.87. The summed E-state index contributed by atoms with van der Waals surface area (Å²) < 4.78 is 50.7. The first-order valence-electron chi connectivity index (χ1n) is 12.5. The van der Waals surface area contributed by atoms with Gasteiger partial charge in [0.1, 0.15) is 34.4 Å². The lowest BCUT2D eigenvalue weighted by Gasteiger charge is -2.20. The van der Waals surface area contributed by atoms with Crippen LogP contribution in [0.1, 0.15) is 45.8 Å². The van der Waals surface area contributed by atoms with Crippen molar-refractivity contribution in [2.75, 3.05) is 0 Å². The van der Waals surface area contributed by atoms with E-state index in [-0.39, 0.29) is 11.6 Å². The zero-order valence-corrected chi connectivity index (χ0v) is 21.0. The van der Waals surface area contributed by atoms with E-state index < -0.39 is 40.1 Å². The van der Waals surface area contributed by atoms with Gasteiger partial charge in [-0.1, -0.05) is 17.7 Å². The monoisotopic (exact) mass is 539 g/mol. The summed E-state index contributed by atoms with van der Waals surface area (Å²) >= 11 is 6.39. The van der Waals surface area contributed by atoms with Crippen LogP contribution >= 0.6 is 11.6 Å². The highest BCUT2D eigenvalue weighted by Crippen LogP contribution is 2.30. The van der Waals surface area contributed by atoms with Crippen LogP contribution < -0.4 is 10.3 Å². The molecule has 8 nitrogen and oxygen atoms in total. The molecule has 0 saturated heterocycles. The average Bonchev–Trinajstić information content (AvgIpc) is 2.87. The van der Waals surface area contributed by atoms with Crippen LogP contribution in [0.3, 0.4) is 0 Å². The molecule has 4 aromatic rings. The van der Waals surface area contributed by atoms with E-state index in [2.05, 4.69) is 19.9 Å². The number of aromatic nitrogens is 5. The van der Waals surface area contributed by atoms with E-state index in [0.717, 1.165) is 5.56 Å². The first-order valence-corrected chi connectivity index (χ1v) is 11.9. The number of aliphatic hydroxyl groups is 1. The molecule has 0 unspecified atom stereocenters. The van der Waals surface area contributed by atoms with Gasteiger partial charge in [0.25, 0.3) is 5.56 Å². The number of rotatable bonds is 5. The van der Waals surface area contributed by atoms with Gasteiger partial charge in [0.05, 0.1) is 31.7 Å². The highest BCUT2D eigenvalue weighted by atomic mass is 35.5. The normalized spacial score (nSPS) is 14.9. The molecule has 0 aliphatic carbocycles. The lowest BCUT2D eigenvalue weighted by molar-refractivity contribution is 0.0688. The van der Waals surface area contributed by atoms with E-state index in [1.54, 1.807) is 38.3 Å². The number of aryl methyl sites for hydroxylation is 1. The second kappa shape index (κ2) is 10.0. The van der Waals surface area contributed by atoms with Gasteiger partial charge in [-0.3, -0.25) is 19.3 Å². The second-order valence-electron chi connectivity index (χ2n) is 9.04. The Bertz CT molecular complexity index is 1720. The van der Waals surface area contributed by atoms with E-state index in [4.69, 9.17) is 19.1 Å². The third-order valence-corrected chi connectivity index (χ3v) is 6.09. The third-order valence-electron chi connectivity index (χ3n) is 5.75. The summed E-state index contributed by atoms with van der Waals surface area (Å²) in [5.74, 6) is -2.38. The number of nitrogens with zero attached hydrogens (tertiary/aromatic N) is 5. The molecule has 0 amide bonds. The minimum Gasteiger partial charge on any atom is -0.485 e. The molecule has 0 aromatic carbocycles. The van der Waals surface area contributed by atoms with Crippen molar-refractivity contribution in [1.29, 1.82) is 0 Å². The molecule has 0 fully saturated rings. The Morgan fingerprint density at radius 2 is 2.00 bits per heavy atom. The van der Waals surface area contributed by atoms with E-state index in [1.807, 2.05) is 6.08 Å². The minimum absolute atomic E-state index is 0.199. The molecule has 5 rings (SSSR count). The molecule has 0 spiro atoms. The first-order chi connectivity index (χ1) is 18.8. The maximum atomic E-state index is 14.3. The van der Waals surface area contributed by atoms with Crippen molar-refractivity contribution in [2.24, 2.45) is 0 Å². The van der Waals surface area contributed by atoms with Crippen LogP contribution in [0.25, 0.3) is 23.2 Å². The predicted octanol–water partition coefficient (Wildman–Crippen LogP) is 4.78. The highest BCUT2D eigenvalue weighted by Gasteiger charge is 2.22. The second-order valence-corrected chi connectivity index (χ2v) is 9.42. The molecule has 0 atom stereocenters. The summed E-state index contributed by atoms with van der Waals surface area (Å²) in [5.41, 5.74) is -0.437. The van der Waals surface area contributed by atoms with Gasteiger partial charge in [-0.2, -0.15) is 0 Å². The van der Waals surface area contributed by atoms with Gasteiger partial charge in [0.15, 0.2) is 11.6 Å². The summed E-state index contributed by atoms with van der Waals surface area (Å²) in [4.78, 5) is 30.1. The van der Waals surface area contributed by atoms with Crippen LogP contribution in [0.4, 0.5) is 8.78 Å². The molecule has 1 aliphatic heterocycles. The largest absolute Gasteiger partial charge is 0.485 e. The van der Waals surface area contributed by atoms with Gasteiger partial charge in [-0.15, -0.1) is 0 Å². The fourth-order valence-corrected chi connectivity index (χ4v) is 4.05. The molecule has 194 valence electrons. The Kier molecular flexibility index (Phi) is 6.11. The number of halogens is 3. The number of ether oxygens (including phenoxy) is 1. The van der Waals surface area contributed by atoms with Gasteiger partial charge >= 0.3 is 0 Å².